The van der Waals surface area contributed by atoms with Gasteiger partial charge in [-0.3, -0.25) is 0 Å². The third-order valence-electron chi connectivity index (χ3n) is 3.18. The fourth-order valence-corrected chi connectivity index (χ4v) is 3.74. The maximum absolute atomic E-state index is 11.3. The lowest BCUT2D eigenvalue weighted by Crippen LogP contribution is -2.15. The van der Waals surface area contributed by atoms with Gasteiger partial charge in [0.25, 0.3) is 0 Å². The Labute approximate surface area is 99.7 Å². The van der Waals surface area contributed by atoms with Crippen molar-refractivity contribution in [1.82, 2.24) is 15.5 Å². The summed E-state index contributed by atoms with van der Waals surface area (Å²) < 4.78 is 28.2. The molecule has 17 heavy (non-hydrogen) atoms. The Kier molecular flexibility index (Phi) is 2.67. The summed E-state index contributed by atoms with van der Waals surface area (Å²) in [5.41, 5.74) is 0. The van der Waals surface area contributed by atoms with Gasteiger partial charge in [-0.1, -0.05) is 0 Å². The molecular formula is C10H15N3O3S. The van der Waals surface area contributed by atoms with Gasteiger partial charge >= 0.3 is 0 Å². The highest BCUT2D eigenvalue weighted by Gasteiger charge is 2.32. The van der Waals surface area contributed by atoms with Crippen LogP contribution in [-0.4, -0.2) is 36.2 Å². The molecule has 2 aliphatic rings. The molecule has 1 aromatic rings. The Balaban J connectivity index is 1.63. The van der Waals surface area contributed by atoms with E-state index in [1.165, 1.54) is 12.8 Å². The zero-order chi connectivity index (χ0) is 11.9. The molecule has 7 heteroatoms. The maximum Gasteiger partial charge on any atom is 0.230 e. The van der Waals surface area contributed by atoms with Gasteiger partial charge < -0.3 is 9.73 Å². The van der Waals surface area contributed by atoms with Crippen LogP contribution in [0.3, 0.4) is 0 Å². The Morgan fingerprint density at radius 3 is 2.76 bits per heavy atom. The third kappa shape index (κ3) is 2.66. The average molecular weight is 257 g/mol. The van der Waals surface area contributed by atoms with E-state index in [9.17, 15) is 8.42 Å². The van der Waals surface area contributed by atoms with E-state index in [1.54, 1.807) is 0 Å². The summed E-state index contributed by atoms with van der Waals surface area (Å²) in [6, 6.07) is 0.595. The van der Waals surface area contributed by atoms with Crippen LogP contribution in [0.15, 0.2) is 4.42 Å². The standard InChI is InChI=1S/C10H15N3O3S/c14-17(15)4-3-7(6-17)10-13-12-9(16-10)5-11-8-1-2-8/h7-8,11H,1-6H2. The Morgan fingerprint density at radius 2 is 2.12 bits per heavy atom. The van der Waals surface area contributed by atoms with Gasteiger partial charge in [0.2, 0.25) is 11.8 Å². The van der Waals surface area contributed by atoms with Crippen LogP contribution >= 0.6 is 0 Å². The predicted octanol–water partition coefficient (Wildman–Crippen LogP) is 0.224. The summed E-state index contributed by atoms with van der Waals surface area (Å²) in [7, 11) is -2.89. The molecule has 0 aromatic carbocycles. The molecule has 1 aliphatic carbocycles. The van der Waals surface area contributed by atoms with Gasteiger partial charge in [-0.25, -0.2) is 8.42 Å². The van der Waals surface area contributed by atoms with Crippen molar-refractivity contribution in [3.05, 3.63) is 11.8 Å². The fourth-order valence-electron chi connectivity index (χ4n) is 2.01. The number of hydrogen-bond acceptors (Lipinski definition) is 6. The second kappa shape index (κ2) is 4.06. The molecule has 0 spiro atoms. The summed E-state index contributed by atoms with van der Waals surface area (Å²) in [5, 5.41) is 11.2. The molecule has 1 saturated carbocycles. The van der Waals surface area contributed by atoms with Crippen molar-refractivity contribution >= 4 is 9.84 Å². The maximum atomic E-state index is 11.3. The Bertz CT molecular complexity index is 507. The molecule has 2 heterocycles. The average Bonchev–Trinajstić information content (AvgIpc) is 2.86. The lowest BCUT2D eigenvalue weighted by molar-refractivity contribution is 0.411. The van der Waals surface area contributed by atoms with Gasteiger partial charge in [-0.15, -0.1) is 10.2 Å². The van der Waals surface area contributed by atoms with Crippen molar-refractivity contribution in [3.63, 3.8) is 0 Å². The number of nitrogens with one attached hydrogen (secondary N) is 1. The lowest BCUT2D eigenvalue weighted by atomic mass is 10.1. The zero-order valence-electron chi connectivity index (χ0n) is 9.42. The largest absolute Gasteiger partial charge is 0.424 e. The molecular weight excluding hydrogens is 242 g/mol. The first kappa shape index (κ1) is 11.2. The summed E-state index contributed by atoms with van der Waals surface area (Å²) >= 11 is 0. The number of hydrogen-bond donors (Lipinski definition) is 1. The molecule has 1 atom stereocenters. The van der Waals surface area contributed by atoms with Crippen LogP contribution < -0.4 is 5.32 Å². The van der Waals surface area contributed by atoms with E-state index in [-0.39, 0.29) is 17.4 Å². The molecule has 1 saturated heterocycles. The van der Waals surface area contributed by atoms with Crippen molar-refractivity contribution in [2.45, 2.75) is 37.8 Å². The van der Waals surface area contributed by atoms with E-state index < -0.39 is 9.84 Å². The van der Waals surface area contributed by atoms with Gasteiger partial charge in [0, 0.05) is 6.04 Å². The van der Waals surface area contributed by atoms with Crippen molar-refractivity contribution in [1.29, 1.82) is 0 Å². The highest BCUT2D eigenvalue weighted by molar-refractivity contribution is 7.91. The summed E-state index contributed by atoms with van der Waals surface area (Å²) in [5.74, 6) is 1.29. The highest BCUT2D eigenvalue weighted by atomic mass is 32.2. The van der Waals surface area contributed by atoms with E-state index in [0.29, 0.717) is 30.8 Å². The molecule has 0 bridgehead atoms. The van der Waals surface area contributed by atoms with Gasteiger partial charge in [-0.2, -0.15) is 0 Å². The third-order valence-corrected chi connectivity index (χ3v) is 4.95. The number of sulfone groups is 1. The molecule has 1 aliphatic heterocycles. The van der Waals surface area contributed by atoms with E-state index >= 15 is 0 Å². The van der Waals surface area contributed by atoms with E-state index in [4.69, 9.17) is 4.42 Å². The van der Waals surface area contributed by atoms with Crippen LogP contribution in [0.2, 0.25) is 0 Å². The molecule has 94 valence electrons. The first-order chi connectivity index (χ1) is 8.12. The fraction of sp³-hybridized carbons (Fsp3) is 0.800. The minimum Gasteiger partial charge on any atom is -0.424 e. The van der Waals surface area contributed by atoms with E-state index in [2.05, 4.69) is 15.5 Å². The molecule has 0 amide bonds. The van der Waals surface area contributed by atoms with Gasteiger partial charge in [-0.05, 0) is 19.3 Å². The summed E-state index contributed by atoms with van der Waals surface area (Å²) in [4.78, 5) is 0. The van der Waals surface area contributed by atoms with Crippen LogP contribution in [-0.2, 0) is 16.4 Å². The van der Waals surface area contributed by atoms with Crippen LogP contribution in [0.25, 0.3) is 0 Å². The molecule has 3 rings (SSSR count). The molecule has 1 N–H and O–H groups in total. The molecule has 1 unspecified atom stereocenters. The normalized spacial score (nSPS) is 27.4. The van der Waals surface area contributed by atoms with Crippen LogP contribution in [0.5, 0.6) is 0 Å². The zero-order valence-corrected chi connectivity index (χ0v) is 10.2. The number of nitrogens with zero attached hydrogens (tertiary/aromatic N) is 2. The van der Waals surface area contributed by atoms with Crippen molar-refractivity contribution in [3.8, 4) is 0 Å². The van der Waals surface area contributed by atoms with Gasteiger partial charge in [0.1, 0.15) is 0 Å². The minimum atomic E-state index is -2.89. The van der Waals surface area contributed by atoms with Crippen molar-refractivity contribution in [2.75, 3.05) is 11.5 Å². The first-order valence-corrected chi connectivity index (χ1v) is 7.70. The van der Waals surface area contributed by atoms with Crippen LogP contribution in [0.4, 0.5) is 0 Å². The predicted molar refractivity (Wildman–Crippen MR) is 60.2 cm³/mol. The van der Waals surface area contributed by atoms with Crippen LogP contribution in [0.1, 0.15) is 37.0 Å². The monoisotopic (exact) mass is 257 g/mol. The SMILES string of the molecule is O=S1(=O)CCC(c2nnc(CNC3CC3)o2)C1. The number of rotatable bonds is 4. The molecule has 1 aromatic heterocycles. The second-order valence-corrected chi connectivity index (χ2v) is 7.02. The van der Waals surface area contributed by atoms with E-state index in [1.807, 2.05) is 0 Å². The van der Waals surface area contributed by atoms with Crippen molar-refractivity contribution < 1.29 is 12.8 Å². The number of aromatic nitrogens is 2. The minimum absolute atomic E-state index is 0.109. The quantitative estimate of drug-likeness (QED) is 0.830. The van der Waals surface area contributed by atoms with E-state index in [0.717, 1.165) is 0 Å². The highest BCUT2D eigenvalue weighted by Crippen LogP contribution is 2.28. The van der Waals surface area contributed by atoms with Gasteiger partial charge in [0.05, 0.1) is 24.0 Å². The Hall–Kier alpha value is -0.950. The lowest BCUT2D eigenvalue weighted by Gasteiger charge is -1.99. The molecule has 0 radical (unpaired) electrons. The van der Waals surface area contributed by atoms with Gasteiger partial charge in [0.15, 0.2) is 9.84 Å². The first-order valence-electron chi connectivity index (χ1n) is 5.88. The van der Waals surface area contributed by atoms with Crippen LogP contribution in [0, 0.1) is 0 Å². The second-order valence-electron chi connectivity index (χ2n) is 4.79. The van der Waals surface area contributed by atoms with Crippen molar-refractivity contribution in [2.24, 2.45) is 0 Å². The smallest absolute Gasteiger partial charge is 0.230 e. The molecule has 2 fully saturated rings. The topological polar surface area (TPSA) is 85.1 Å². The summed E-state index contributed by atoms with van der Waals surface area (Å²) in [6.45, 7) is 0.580. The summed E-state index contributed by atoms with van der Waals surface area (Å²) in [6.07, 6.45) is 3.02. The molecule has 6 nitrogen and oxygen atoms in total. The Morgan fingerprint density at radius 1 is 1.29 bits per heavy atom.